The number of halogens is 1. The van der Waals surface area contributed by atoms with Gasteiger partial charge in [0.15, 0.2) is 17.0 Å². The molecule has 0 spiro atoms. The van der Waals surface area contributed by atoms with Crippen LogP contribution in [0.25, 0.3) is 22.6 Å². The third-order valence-corrected chi connectivity index (χ3v) is 4.48. The summed E-state index contributed by atoms with van der Waals surface area (Å²) in [7, 11) is 3.69. The highest BCUT2D eigenvalue weighted by Crippen LogP contribution is 2.31. The molecule has 4 rings (SSSR count). The Labute approximate surface area is 183 Å². The van der Waals surface area contributed by atoms with E-state index in [1.165, 1.54) is 12.3 Å². The van der Waals surface area contributed by atoms with E-state index in [1.807, 2.05) is 25.6 Å². The van der Waals surface area contributed by atoms with Crippen LogP contribution in [0.3, 0.4) is 0 Å². The Balaban J connectivity index is 1.97. The first-order valence-electron chi connectivity index (χ1n) is 9.95. The van der Waals surface area contributed by atoms with Gasteiger partial charge in [0.1, 0.15) is 17.4 Å². The minimum Gasteiger partial charge on any atom is -0.508 e. The third-order valence-electron chi connectivity index (χ3n) is 4.48. The molecule has 4 aromatic rings. The minimum atomic E-state index is -0.474. The number of rotatable bonds is 7. The van der Waals surface area contributed by atoms with Crippen LogP contribution in [0.5, 0.6) is 11.8 Å². The molecule has 164 valence electrons. The number of pyridine rings is 1. The summed E-state index contributed by atoms with van der Waals surface area (Å²) < 4.78 is 21.4. The number of aromatic nitrogens is 5. The Morgan fingerprint density at radius 2 is 1.94 bits per heavy atom. The van der Waals surface area contributed by atoms with Gasteiger partial charge in [0, 0.05) is 25.9 Å². The second-order valence-corrected chi connectivity index (χ2v) is 7.22. The Bertz CT molecular complexity index is 1270. The van der Waals surface area contributed by atoms with Gasteiger partial charge in [0.25, 0.3) is 0 Å². The highest BCUT2D eigenvalue weighted by atomic mass is 19.1. The molecule has 0 aliphatic heterocycles. The van der Waals surface area contributed by atoms with E-state index in [2.05, 4.69) is 19.9 Å². The Morgan fingerprint density at radius 3 is 2.62 bits per heavy atom. The molecule has 3 aromatic heterocycles. The summed E-state index contributed by atoms with van der Waals surface area (Å²) in [6.07, 6.45) is 4.29. The van der Waals surface area contributed by atoms with Crippen LogP contribution < -0.4 is 4.74 Å². The summed E-state index contributed by atoms with van der Waals surface area (Å²) in [6.45, 7) is 2.59. The monoisotopic (exact) mass is 435 g/mol. The predicted octanol–water partition coefficient (Wildman–Crippen LogP) is 3.40. The number of hydrogen-bond donors (Lipinski definition) is 1. The molecule has 0 fully saturated rings. The average molecular weight is 435 g/mol. The standard InChI is InChI=1S/C22H22FN7O2/c1-4-32-22-27-19(25-13-29(2)3)18-21(28-22)30(12-14-5-7-17(31)8-6-14)20(26-18)15-9-16(23)11-24-10-15/h5-11,13,31H,4,12H2,1-3H3/b25-13-. The summed E-state index contributed by atoms with van der Waals surface area (Å²) in [6, 6.07) is 8.33. The summed E-state index contributed by atoms with van der Waals surface area (Å²) in [5.74, 6) is 0.490. The largest absolute Gasteiger partial charge is 0.508 e. The number of benzene rings is 1. The van der Waals surface area contributed by atoms with Crippen LogP contribution in [-0.4, -0.2) is 61.6 Å². The van der Waals surface area contributed by atoms with Gasteiger partial charge in [-0.1, -0.05) is 12.1 Å². The van der Waals surface area contributed by atoms with E-state index in [0.29, 0.717) is 41.5 Å². The molecule has 9 nitrogen and oxygen atoms in total. The molecule has 3 heterocycles. The highest BCUT2D eigenvalue weighted by Gasteiger charge is 2.20. The van der Waals surface area contributed by atoms with Crippen LogP contribution in [-0.2, 0) is 6.54 Å². The lowest BCUT2D eigenvalue weighted by Crippen LogP contribution is -2.07. The third kappa shape index (κ3) is 4.48. The van der Waals surface area contributed by atoms with Crippen molar-refractivity contribution < 1.29 is 14.2 Å². The predicted molar refractivity (Wildman–Crippen MR) is 119 cm³/mol. The van der Waals surface area contributed by atoms with E-state index in [0.717, 1.165) is 11.8 Å². The number of phenols is 1. The van der Waals surface area contributed by atoms with Crippen LogP contribution in [0.15, 0.2) is 47.7 Å². The molecule has 32 heavy (non-hydrogen) atoms. The van der Waals surface area contributed by atoms with Gasteiger partial charge in [0.2, 0.25) is 0 Å². The molecule has 0 saturated carbocycles. The number of fused-ring (bicyclic) bond motifs is 1. The van der Waals surface area contributed by atoms with E-state index < -0.39 is 5.82 Å². The van der Waals surface area contributed by atoms with Crippen LogP contribution >= 0.6 is 0 Å². The fraction of sp³-hybridized carbons (Fsp3) is 0.227. The average Bonchev–Trinajstić information content (AvgIpc) is 3.12. The van der Waals surface area contributed by atoms with Crippen molar-refractivity contribution in [1.29, 1.82) is 0 Å². The van der Waals surface area contributed by atoms with Gasteiger partial charge in [-0.3, -0.25) is 4.98 Å². The molecule has 1 aromatic carbocycles. The van der Waals surface area contributed by atoms with Gasteiger partial charge >= 0.3 is 6.01 Å². The van der Waals surface area contributed by atoms with Crippen LogP contribution in [0.2, 0.25) is 0 Å². The molecule has 0 radical (unpaired) electrons. The van der Waals surface area contributed by atoms with Crippen molar-refractivity contribution in [2.45, 2.75) is 13.5 Å². The van der Waals surface area contributed by atoms with E-state index >= 15 is 0 Å². The molecular weight excluding hydrogens is 413 g/mol. The summed E-state index contributed by atoms with van der Waals surface area (Å²) >= 11 is 0. The van der Waals surface area contributed by atoms with Crippen LogP contribution in [0, 0.1) is 5.82 Å². The molecule has 0 unspecified atom stereocenters. The smallest absolute Gasteiger partial charge is 0.320 e. The molecular formula is C22H22FN7O2. The summed E-state index contributed by atoms with van der Waals surface area (Å²) in [4.78, 5) is 23.8. The van der Waals surface area contributed by atoms with E-state index in [4.69, 9.17) is 9.72 Å². The van der Waals surface area contributed by atoms with Crippen molar-refractivity contribution in [3.8, 4) is 23.1 Å². The van der Waals surface area contributed by atoms with Crippen molar-refractivity contribution in [2.75, 3.05) is 20.7 Å². The topological polar surface area (TPSA) is 102 Å². The Hall–Kier alpha value is -4.08. The van der Waals surface area contributed by atoms with Gasteiger partial charge in [-0.2, -0.15) is 9.97 Å². The van der Waals surface area contributed by atoms with Gasteiger partial charge in [-0.05, 0) is 30.7 Å². The van der Waals surface area contributed by atoms with E-state index in [1.54, 1.807) is 35.5 Å². The molecule has 0 amide bonds. The SMILES string of the molecule is CCOc1nc(/N=C\N(C)C)c2nc(-c3cncc(F)c3)n(Cc3ccc(O)cc3)c2n1. The maximum Gasteiger partial charge on any atom is 0.320 e. The lowest BCUT2D eigenvalue weighted by molar-refractivity contribution is 0.314. The minimum absolute atomic E-state index is 0.167. The number of hydrogen-bond acceptors (Lipinski definition) is 7. The second kappa shape index (κ2) is 8.96. The Morgan fingerprint density at radius 1 is 1.16 bits per heavy atom. The quantitative estimate of drug-likeness (QED) is 0.351. The first-order valence-corrected chi connectivity index (χ1v) is 9.95. The van der Waals surface area contributed by atoms with Crippen LogP contribution in [0.1, 0.15) is 12.5 Å². The molecule has 0 aliphatic rings. The molecule has 0 aliphatic carbocycles. The first-order chi connectivity index (χ1) is 15.4. The van der Waals surface area contributed by atoms with Crippen molar-refractivity contribution in [1.82, 2.24) is 29.4 Å². The lowest BCUT2D eigenvalue weighted by atomic mass is 10.2. The maximum absolute atomic E-state index is 14.0. The number of ether oxygens (including phenoxy) is 1. The van der Waals surface area contributed by atoms with Gasteiger partial charge in [-0.15, -0.1) is 0 Å². The van der Waals surface area contributed by atoms with Crippen molar-refractivity contribution in [2.24, 2.45) is 4.99 Å². The molecule has 0 bridgehead atoms. The zero-order valence-corrected chi connectivity index (χ0v) is 17.9. The number of phenolic OH excluding ortho intramolecular Hbond substituents is 1. The number of aliphatic imine (C=N–C) groups is 1. The fourth-order valence-electron chi connectivity index (χ4n) is 3.11. The van der Waals surface area contributed by atoms with E-state index in [9.17, 15) is 9.50 Å². The number of nitrogens with zero attached hydrogens (tertiary/aromatic N) is 7. The van der Waals surface area contributed by atoms with Gasteiger partial charge in [-0.25, -0.2) is 14.4 Å². The maximum atomic E-state index is 14.0. The van der Waals surface area contributed by atoms with Crippen molar-refractivity contribution >= 4 is 23.3 Å². The summed E-state index contributed by atoms with van der Waals surface area (Å²) in [5, 5.41) is 9.63. The van der Waals surface area contributed by atoms with Crippen LogP contribution in [0.4, 0.5) is 10.2 Å². The first kappa shape index (κ1) is 21.2. The van der Waals surface area contributed by atoms with E-state index in [-0.39, 0.29) is 11.8 Å². The molecule has 0 saturated heterocycles. The molecule has 0 atom stereocenters. The normalized spacial score (nSPS) is 11.4. The second-order valence-electron chi connectivity index (χ2n) is 7.22. The molecule has 10 heteroatoms. The lowest BCUT2D eigenvalue weighted by Gasteiger charge is -2.10. The van der Waals surface area contributed by atoms with Crippen molar-refractivity contribution in [3.63, 3.8) is 0 Å². The van der Waals surface area contributed by atoms with Gasteiger partial charge < -0.3 is 19.3 Å². The summed E-state index contributed by atoms with van der Waals surface area (Å²) in [5.41, 5.74) is 2.32. The fourth-order valence-corrected chi connectivity index (χ4v) is 3.11. The number of imidazole rings is 1. The van der Waals surface area contributed by atoms with Gasteiger partial charge in [0.05, 0.1) is 25.7 Å². The zero-order valence-electron chi connectivity index (χ0n) is 17.9. The Kier molecular flexibility index (Phi) is 5.93. The number of aromatic hydroxyl groups is 1. The zero-order chi connectivity index (χ0) is 22.7. The van der Waals surface area contributed by atoms with Crippen molar-refractivity contribution in [3.05, 3.63) is 54.1 Å². The highest BCUT2D eigenvalue weighted by molar-refractivity contribution is 5.87. The molecule has 1 N–H and O–H groups in total.